The molecule has 1 atom stereocenters. The Hall–Kier alpha value is -1.99. The van der Waals surface area contributed by atoms with E-state index in [2.05, 4.69) is 20.3 Å². The fraction of sp³-hybridized carbons (Fsp3) is 0.294. The second-order valence-corrected chi connectivity index (χ2v) is 7.72. The number of pyridine rings is 1. The molecule has 0 saturated heterocycles. The smallest absolute Gasteiger partial charge is 0.234 e. The lowest BCUT2D eigenvalue weighted by Gasteiger charge is -2.19. The minimum Gasteiger partial charge on any atom is -0.351 e. The monoisotopic (exact) mass is 358 g/mol. The summed E-state index contributed by atoms with van der Waals surface area (Å²) in [5.41, 5.74) is 1.91. The number of thiophene rings is 1. The molecule has 0 bridgehead atoms. The fourth-order valence-electron chi connectivity index (χ4n) is 2.26. The number of fused-ring (bicyclic) bond motifs is 1. The Morgan fingerprint density at radius 2 is 2.21 bits per heavy atom. The summed E-state index contributed by atoms with van der Waals surface area (Å²) in [5.74, 6) is 0.205. The number of carbonyl (C=O) groups is 1. The first-order valence-electron chi connectivity index (χ1n) is 7.66. The summed E-state index contributed by atoms with van der Waals surface area (Å²) in [4.78, 5) is 25.3. The van der Waals surface area contributed by atoms with E-state index < -0.39 is 0 Å². The number of carbonyl (C=O) groups excluding carboxylic acids is 1. The zero-order valence-electron chi connectivity index (χ0n) is 13.5. The quantitative estimate of drug-likeness (QED) is 0.539. The van der Waals surface area contributed by atoms with Crippen molar-refractivity contribution in [3.63, 3.8) is 0 Å². The van der Waals surface area contributed by atoms with Crippen LogP contribution < -0.4 is 5.32 Å². The molecule has 24 heavy (non-hydrogen) atoms. The molecule has 1 amide bonds. The second kappa shape index (κ2) is 7.72. The third-order valence-corrected chi connectivity index (χ3v) is 6.09. The number of rotatable bonds is 6. The van der Waals surface area contributed by atoms with E-state index in [9.17, 15) is 4.79 Å². The summed E-state index contributed by atoms with van der Waals surface area (Å²) >= 11 is 3.11. The Labute approximate surface area is 148 Å². The SMILES string of the molecule is CC(C)C(Sc1ncnc2ccsc12)C(=O)NCc1cccnc1. The summed E-state index contributed by atoms with van der Waals surface area (Å²) in [6.45, 7) is 4.58. The van der Waals surface area contributed by atoms with E-state index >= 15 is 0 Å². The summed E-state index contributed by atoms with van der Waals surface area (Å²) in [6.07, 6.45) is 5.04. The van der Waals surface area contributed by atoms with Gasteiger partial charge in [0.2, 0.25) is 5.91 Å². The largest absolute Gasteiger partial charge is 0.351 e. The molecule has 0 fully saturated rings. The topological polar surface area (TPSA) is 67.8 Å². The molecule has 3 aromatic rings. The highest BCUT2D eigenvalue weighted by atomic mass is 32.2. The van der Waals surface area contributed by atoms with Crippen LogP contribution in [-0.4, -0.2) is 26.1 Å². The van der Waals surface area contributed by atoms with Gasteiger partial charge in [0.15, 0.2) is 0 Å². The molecule has 3 aromatic heterocycles. The van der Waals surface area contributed by atoms with Gasteiger partial charge in [0.25, 0.3) is 0 Å². The van der Waals surface area contributed by atoms with Crippen LogP contribution in [-0.2, 0) is 11.3 Å². The Morgan fingerprint density at radius 3 is 2.96 bits per heavy atom. The van der Waals surface area contributed by atoms with Crippen molar-refractivity contribution in [2.24, 2.45) is 5.92 Å². The van der Waals surface area contributed by atoms with Crippen molar-refractivity contribution < 1.29 is 4.79 Å². The molecule has 1 unspecified atom stereocenters. The van der Waals surface area contributed by atoms with E-state index in [-0.39, 0.29) is 17.1 Å². The van der Waals surface area contributed by atoms with E-state index in [4.69, 9.17) is 0 Å². The van der Waals surface area contributed by atoms with Gasteiger partial charge in [0.05, 0.1) is 15.5 Å². The van der Waals surface area contributed by atoms with Crippen LogP contribution >= 0.6 is 23.1 Å². The molecule has 1 N–H and O–H groups in total. The van der Waals surface area contributed by atoms with Crippen molar-refractivity contribution in [3.8, 4) is 0 Å². The first-order chi connectivity index (χ1) is 11.6. The lowest BCUT2D eigenvalue weighted by molar-refractivity contribution is -0.121. The normalized spacial score (nSPS) is 12.5. The predicted octanol–water partition coefficient (Wildman–Crippen LogP) is 3.52. The number of hydrogen-bond donors (Lipinski definition) is 1. The maximum Gasteiger partial charge on any atom is 0.234 e. The number of thioether (sulfide) groups is 1. The molecule has 7 heteroatoms. The van der Waals surface area contributed by atoms with E-state index in [0.717, 1.165) is 20.8 Å². The van der Waals surface area contributed by atoms with Gasteiger partial charge in [-0.05, 0) is 29.0 Å². The van der Waals surface area contributed by atoms with Crippen LogP contribution in [0, 0.1) is 5.92 Å². The first kappa shape index (κ1) is 16.9. The van der Waals surface area contributed by atoms with Crippen LogP contribution in [0.1, 0.15) is 19.4 Å². The summed E-state index contributed by atoms with van der Waals surface area (Å²) in [5, 5.41) is 5.66. The van der Waals surface area contributed by atoms with Crippen molar-refractivity contribution in [1.29, 1.82) is 0 Å². The number of hydrogen-bond acceptors (Lipinski definition) is 6. The van der Waals surface area contributed by atoms with Gasteiger partial charge in [-0.1, -0.05) is 31.7 Å². The van der Waals surface area contributed by atoms with Gasteiger partial charge in [0, 0.05) is 18.9 Å². The molecule has 0 radical (unpaired) electrons. The summed E-state index contributed by atoms with van der Waals surface area (Å²) in [6, 6.07) is 5.79. The van der Waals surface area contributed by atoms with Crippen LogP contribution in [0.3, 0.4) is 0 Å². The third-order valence-electron chi connectivity index (χ3n) is 3.50. The van der Waals surface area contributed by atoms with Crippen molar-refractivity contribution >= 4 is 39.2 Å². The van der Waals surface area contributed by atoms with E-state index in [0.29, 0.717) is 6.54 Å². The van der Waals surface area contributed by atoms with Gasteiger partial charge >= 0.3 is 0 Å². The lowest BCUT2D eigenvalue weighted by Crippen LogP contribution is -2.35. The maximum absolute atomic E-state index is 12.6. The van der Waals surface area contributed by atoms with E-state index in [1.54, 1.807) is 30.1 Å². The molecule has 0 aliphatic carbocycles. The van der Waals surface area contributed by atoms with Gasteiger partial charge in [-0.25, -0.2) is 9.97 Å². The average Bonchev–Trinajstić information content (AvgIpc) is 3.07. The Bertz CT molecular complexity index is 820. The van der Waals surface area contributed by atoms with Gasteiger partial charge in [-0.3, -0.25) is 9.78 Å². The van der Waals surface area contributed by atoms with Crippen LogP contribution in [0.4, 0.5) is 0 Å². The summed E-state index contributed by atoms with van der Waals surface area (Å²) in [7, 11) is 0. The molecular formula is C17H18N4OS2. The minimum atomic E-state index is -0.207. The molecule has 0 aliphatic rings. The zero-order valence-corrected chi connectivity index (χ0v) is 15.1. The predicted molar refractivity (Wildman–Crippen MR) is 98.0 cm³/mol. The van der Waals surface area contributed by atoms with Crippen LogP contribution in [0.15, 0.2) is 47.3 Å². The highest BCUT2D eigenvalue weighted by Gasteiger charge is 2.25. The fourth-order valence-corrected chi connectivity index (χ4v) is 4.29. The number of nitrogens with zero attached hydrogens (tertiary/aromatic N) is 3. The number of nitrogens with one attached hydrogen (secondary N) is 1. The van der Waals surface area contributed by atoms with Crippen molar-refractivity contribution in [2.45, 2.75) is 30.7 Å². The number of amides is 1. The average molecular weight is 358 g/mol. The molecule has 0 aliphatic heterocycles. The lowest BCUT2D eigenvalue weighted by atomic mass is 10.1. The molecule has 0 saturated carbocycles. The van der Waals surface area contributed by atoms with Gasteiger partial charge in [0.1, 0.15) is 11.4 Å². The highest BCUT2D eigenvalue weighted by molar-refractivity contribution is 8.00. The molecule has 124 valence electrons. The van der Waals surface area contributed by atoms with Crippen molar-refractivity contribution in [1.82, 2.24) is 20.3 Å². The number of aromatic nitrogens is 3. The maximum atomic E-state index is 12.6. The molecular weight excluding hydrogens is 340 g/mol. The Morgan fingerprint density at radius 1 is 1.33 bits per heavy atom. The standard InChI is InChI=1S/C17H18N4OS2/c1-11(2)14(16(22)19-9-12-4-3-6-18-8-12)24-17-15-13(5-7-23-15)20-10-21-17/h3-8,10-11,14H,9H2,1-2H3,(H,19,22). The Balaban J connectivity index is 1.72. The Kier molecular flexibility index (Phi) is 5.42. The first-order valence-corrected chi connectivity index (χ1v) is 9.42. The van der Waals surface area contributed by atoms with Crippen LogP contribution in [0.2, 0.25) is 0 Å². The van der Waals surface area contributed by atoms with E-state index in [1.807, 2.05) is 37.4 Å². The van der Waals surface area contributed by atoms with Gasteiger partial charge in [-0.2, -0.15) is 0 Å². The van der Waals surface area contributed by atoms with Crippen LogP contribution in [0.5, 0.6) is 0 Å². The minimum absolute atomic E-state index is 0.0159. The van der Waals surface area contributed by atoms with E-state index in [1.165, 1.54) is 11.8 Å². The van der Waals surface area contributed by atoms with Crippen molar-refractivity contribution in [2.75, 3.05) is 0 Å². The van der Waals surface area contributed by atoms with Gasteiger partial charge < -0.3 is 5.32 Å². The molecule has 3 rings (SSSR count). The van der Waals surface area contributed by atoms with Crippen molar-refractivity contribution in [3.05, 3.63) is 47.9 Å². The summed E-state index contributed by atoms with van der Waals surface area (Å²) < 4.78 is 1.04. The molecule has 0 spiro atoms. The molecule has 0 aromatic carbocycles. The zero-order chi connectivity index (χ0) is 16.9. The third kappa shape index (κ3) is 3.91. The van der Waals surface area contributed by atoms with Crippen LogP contribution in [0.25, 0.3) is 10.2 Å². The second-order valence-electron chi connectivity index (χ2n) is 5.68. The molecule has 5 nitrogen and oxygen atoms in total. The molecule has 3 heterocycles. The highest BCUT2D eigenvalue weighted by Crippen LogP contribution is 2.33. The van der Waals surface area contributed by atoms with Gasteiger partial charge in [-0.15, -0.1) is 11.3 Å².